The van der Waals surface area contributed by atoms with Crippen LogP contribution in [0.5, 0.6) is 0 Å². The third-order valence-corrected chi connectivity index (χ3v) is 9.13. The number of nitrogens with two attached hydrogens (primary N) is 1. The second-order valence-corrected chi connectivity index (χ2v) is 10.7. The molecule has 3 aliphatic carbocycles. The number of hydrogen-bond acceptors (Lipinski definition) is 2. The Bertz CT molecular complexity index is 846. The second kappa shape index (κ2) is 6.58. The van der Waals surface area contributed by atoms with Crippen molar-refractivity contribution in [2.75, 3.05) is 13.1 Å². The Balaban J connectivity index is 1.11. The third kappa shape index (κ3) is 3.10. The molecule has 29 heavy (non-hydrogen) atoms. The van der Waals surface area contributed by atoms with Gasteiger partial charge in [0.15, 0.2) is 0 Å². The zero-order chi connectivity index (χ0) is 20.4. The highest BCUT2D eigenvalue weighted by atomic mass is 16.2. The number of hydrogen-bond donors (Lipinski definition) is 1. The monoisotopic (exact) mass is 394 g/mol. The van der Waals surface area contributed by atoms with Gasteiger partial charge < -0.3 is 10.6 Å². The van der Waals surface area contributed by atoms with Crippen LogP contribution in [0.15, 0.2) is 18.2 Å². The molecule has 1 saturated heterocycles. The first-order chi connectivity index (χ1) is 13.8. The summed E-state index contributed by atoms with van der Waals surface area (Å²) >= 11 is 0. The van der Waals surface area contributed by atoms with Gasteiger partial charge in [-0.1, -0.05) is 18.2 Å². The number of aryl methyl sites for hydroxylation is 1. The molecule has 156 valence electrons. The minimum absolute atomic E-state index is 0.208. The number of piperidine rings is 1. The second-order valence-electron chi connectivity index (χ2n) is 10.7. The number of carbonyl (C=O) groups is 2. The first kappa shape index (κ1) is 19.1. The van der Waals surface area contributed by atoms with Crippen molar-refractivity contribution in [1.29, 1.82) is 0 Å². The van der Waals surface area contributed by atoms with Gasteiger partial charge in [-0.15, -0.1) is 0 Å². The number of nitrogens with zero attached hydrogens (tertiary/aromatic N) is 1. The standard InChI is InChI=1S/C25H34N2O2/c1-16-4-3-5-19(17(16)2)18-12-24(13-18)8-10-27(11-9-24)23(29)20-14-25(15-21(20)25)7-6-22(26)28/h3-5,18,20-21H,6-15H2,1-2H3,(H2,26,28)/t20-,21?,25-/m1/s1. The minimum atomic E-state index is -0.208. The van der Waals surface area contributed by atoms with Gasteiger partial charge >= 0.3 is 0 Å². The quantitative estimate of drug-likeness (QED) is 0.818. The molecule has 4 heteroatoms. The van der Waals surface area contributed by atoms with Crippen molar-refractivity contribution in [2.45, 2.75) is 71.1 Å². The highest BCUT2D eigenvalue weighted by Gasteiger charge is 2.68. The van der Waals surface area contributed by atoms with Gasteiger partial charge in [-0.3, -0.25) is 9.59 Å². The average Bonchev–Trinajstić information content (AvgIpc) is 3.24. The fourth-order valence-corrected chi connectivity index (χ4v) is 6.89. The van der Waals surface area contributed by atoms with Crippen LogP contribution in [0.2, 0.25) is 0 Å². The van der Waals surface area contributed by atoms with Gasteiger partial charge in [0, 0.05) is 25.4 Å². The molecule has 1 aromatic carbocycles. The Hall–Kier alpha value is -1.84. The van der Waals surface area contributed by atoms with Crippen molar-refractivity contribution in [3.63, 3.8) is 0 Å². The van der Waals surface area contributed by atoms with Gasteiger partial charge in [-0.25, -0.2) is 0 Å². The molecule has 5 rings (SSSR count). The summed E-state index contributed by atoms with van der Waals surface area (Å²) in [4.78, 5) is 26.2. The fraction of sp³-hybridized carbons (Fsp3) is 0.680. The minimum Gasteiger partial charge on any atom is -0.370 e. The maximum atomic E-state index is 13.0. The van der Waals surface area contributed by atoms with E-state index in [1.807, 2.05) is 0 Å². The number of likely N-dealkylation sites (tertiary alicyclic amines) is 1. The molecular weight excluding hydrogens is 360 g/mol. The van der Waals surface area contributed by atoms with E-state index in [0.717, 1.165) is 32.4 Å². The van der Waals surface area contributed by atoms with Crippen LogP contribution in [0.25, 0.3) is 0 Å². The topological polar surface area (TPSA) is 63.4 Å². The lowest BCUT2D eigenvalue weighted by Gasteiger charge is -2.53. The Morgan fingerprint density at radius 1 is 1.10 bits per heavy atom. The maximum Gasteiger partial charge on any atom is 0.226 e. The number of amides is 2. The maximum absolute atomic E-state index is 13.0. The summed E-state index contributed by atoms with van der Waals surface area (Å²) in [5, 5.41) is 0. The van der Waals surface area contributed by atoms with E-state index in [2.05, 4.69) is 36.9 Å². The number of benzene rings is 1. The molecule has 0 bridgehead atoms. The number of carbonyl (C=O) groups excluding carboxylic acids is 2. The van der Waals surface area contributed by atoms with Gasteiger partial charge in [0.1, 0.15) is 0 Å². The summed E-state index contributed by atoms with van der Waals surface area (Å²) in [5.41, 5.74) is 10.5. The van der Waals surface area contributed by atoms with Crippen LogP contribution in [0.4, 0.5) is 0 Å². The van der Waals surface area contributed by atoms with Crippen molar-refractivity contribution >= 4 is 11.8 Å². The molecule has 2 amide bonds. The molecule has 2 N–H and O–H groups in total. The normalized spacial score (nSPS) is 32.3. The molecule has 3 saturated carbocycles. The zero-order valence-electron chi connectivity index (χ0n) is 17.9. The number of rotatable bonds is 5. The van der Waals surface area contributed by atoms with Crippen molar-refractivity contribution in [1.82, 2.24) is 4.90 Å². The zero-order valence-corrected chi connectivity index (χ0v) is 17.9. The van der Waals surface area contributed by atoms with E-state index in [-0.39, 0.29) is 11.8 Å². The highest BCUT2D eigenvalue weighted by Crippen LogP contribution is 2.73. The van der Waals surface area contributed by atoms with E-state index in [1.165, 1.54) is 36.8 Å². The lowest BCUT2D eigenvalue weighted by atomic mass is 9.55. The molecule has 3 atom stereocenters. The summed E-state index contributed by atoms with van der Waals surface area (Å²) in [6.07, 6.45) is 8.41. The number of primary amides is 1. The predicted octanol–water partition coefficient (Wildman–Crippen LogP) is 4.08. The molecule has 1 aliphatic heterocycles. The summed E-state index contributed by atoms with van der Waals surface area (Å²) in [7, 11) is 0. The molecular formula is C25H34N2O2. The summed E-state index contributed by atoms with van der Waals surface area (Å²) < 4.78 is 0. The van der Waals surface area contributed by atoms with E-state index in [9.17, 15) is 9.59 Å². The van der Waals surface area contributed by atoms with Crippen LogP contribution in [0.1, 0.15) is 74.0 Å². The summed E-state index contributed by atoms with van der Waals surface area (Å²) in [5.74, 6) is 1.65. The Labute approximate surface area is 174 Å². The van der Waals surface area contributed by atoms with Crippen LogP contribution in [0, 0.1) is 36.5 Å². The van der Waals surface area contributed by atoms with Crippen molar-refractivity contribution in [3.05, 3.63) is 34.9 Å². The molecule has 1 unspecified atom stereocenters. The van der Waals surface area contributed by atoms with E-state index in [1.54, 1.807) is 5.56 Å². The van der Waals surface area contributed by atoms with Crippen LogP contribution < -0.4 is 5.73 Å². The summed E-state index contributed by atoms with van der Waals surface area (Å²) in [6, 6.07) is 6.72. The smallest absolute Gasteiger partial charge is 0.226 e. The van der Waals surface area contributed by atoms with E-state index in [0.29, 0.717) is 35.0 Å². The first-order valence-electron chi connectivity index (χ1n) is 11.5. The Morgan fingerprint density at radius 3 is 2.48 bits per heavy atom. The lowest BCUT2D eigenvalue weighted by Crippen LogP contribution is -2.51. The molecule has 1 spiro atoms. The SMILES string of the molecule is Cc1cccc(C2CC3(CCN(C(=O)[C@@H]4C[C@]5(CCC(N)=O)CC45)CC3)C2)c1C. The van der Waals surface area contributed by atoms with Crippen LogP contribution in [-0.2, 0) is 9.59 Å². The lowest BCUT2D eigenvalue weighted by molar-refractivity contribution is -0.144. The third-order valence-electron chi connectivity index (χ3n) is 9.13. The first-order valence-corrected chi connectivity index (χ1v) is 11.5. The molecule has 1 heterocycles. The predicted molar refractivity (Wildman–Crippen MR) is 113 cm³/mol. The number of fused-ring (bicyclic) bond motifs is 1. The molecule has 1 aromatic rings. The molecule has 4 nitrogen and oxygen atoms in total. The molecule has 4 fully saturated rings. The van der Waals surface area contributed by atoms with Gasteiger partial charge in [0.05, 0.1) is 0 Å². The highest BCUT2D eigenvalue weighted by molar-refractivity contribution is 5.82. The van der Waals surface area contributed by atoms with Crippen LogP contribution in [-0.4, -0.2) is 29.8 Å². The molecule has 0 aromatic heterocycles. The van der Waals surface area contributed by atoms with Crippen molar-refractivity contribution < 1.29 is 9.59 Å². The molecule has 0 radical (unpaired) electrons. The van der Waals surface area contributed by atoms with Gasteiger partial charge in [0.2, 0.25) is 11.8 Å². The summed E-state index contributed by atoms with van der Waals surface area (Å²) in [6.45, 7) is 6.35. The van der Waals surface area contributed by atoms with Crippen LogP contribution >= 0.6 is 0 Å². The van der Waals surface area contributed by atoms with E-state index in [4.69, 9.17) is 5.73 Å². The van der Waals surface area contributed by atoms with E-state index < -0.39 is 0 Å². The average molecular weight is 395 g/mol. The van der Waals surface area contributed by atoms with Crippen LogP contribution in [0.3, 0.4) is 0 Å². The molecule has 4 aliphatic rings. The van der Waals surface area contributed by atoms with Gasteiger partial charge in [-0.05, 0) is 98.1 Å². The largest absolute Gasteiger partial charge is 0.370 e. The Kier molecular flexibility index (Phi) is 4.34. The van der Waals surface area contributed by atoms with Gasteiger partial charge in [0.25, 0.3) is 0 Å². The van der Waals surface area contributed by atoms with Gasteiger partial charge in [-0.2, -0.15) is 0 Å². The van der Waals surface area contributed by atoms with Crippen molar-refractivity contribution in [2.24, 2.45) is 28.4 Å². The van der Waals surface area contributed by atoms with Crippen molar-refractivity contribution in [3.8, 4) is 0 Å². The Morgan fingerprint density at radius 2 is 1.83 bits per heavy atom. The fourth-order valence-electron chi connectivity index (χ4n) is 6.89. The van der Waals surface area contributed by atoms with E-state index >= 15 is 0 Å².